The first-order chi connectivity index (χ1) is 14.2. The highest BCUT2D eigenvalue weighted by molar-refractivity contribution is 4.94. The van der Waals surface area contributed by atoms with E-state index in [1.165, 1.54) is 140 Å². The van der Waals surface area contributed by atoms with E-state index in [2.05, 4.69) is 27.4 Å². The van der Waals surface area contributed by atoms with Gasteiger partial charge in [-0.3, -0.25) is 0 Å². The second-order valence-corrected chi connectivity index (χ2v) is 9.08. The summed E-state index contributed by atoms with van der Waals surface area (Å²) in [5, 5.41) is 0. The highest BCUT2D eigenvalue weighted by Gasteiger charge is 2.09. The summed E-state index contributed by atoms with van der Waals surface area (Å²) in [6, 6.07) is 0. The van der Waals surface area contributed by atoms with Gasteiger partial charge < -0.3 is 0 Å². The number of rotatable bonds is 22. The van der Waals surface area contributed by atoms with Crippen LogP contribution in [0.4, 0.5) is 0 Å². The molecule has 0 aromatic carbocycles. The first-order valence-electron chi connectivity index (χ1n) is 13.9. The first-order valence-corrected chi connectivity index (χ1v) is 13.9. The number of unbranched alkanes of at least 4 members (excludes halogenated alkanes) is 13. The Labute approximate surface area is 187 Å². The molecule has 0 spiro atoms. The lowest BCUT2D eigenvalue weighted by Crippen LogP contribution is -2.02. The molecule has 0 fully saturated rings. The van der Waals surface area contributed by atoms with Gasteiger partial charge in [-0.25, -0.2) is 0 Å². The molecule has 0 rings (SSSR count). The lowest BCUT2D eigenvalue weighted by molar-refractivity contribution is 0.378. The van der Waals surface area contributed by atoms with Gasteiger partial charge in [0.1, 0.15) is 0 Å². The van der Waals surface area contributed by atoms with Crippen LogP contribution < -0.4 is 0 Å². The molecule has 0 radical (unpaired) electrons. The maximum Gasteiger partial charge on any atom is -0.0320 e. The molecule has 0 aromatic heterocycles. The molecule has 0 aliphatic rings. The zero-order valence-corrected chi connectivity index (χ0v) is 21.6. The predicted octanol–water partition coefficient (Wildman–Crippen LogP) is 11.4. The maximum atomic E-state index is 4.34. The molecular weight excluding hydrogens is 348 g/mol. The minimum atomic E-state index is 0.967. The van der Waals surface area contributed by atoms with Gasteiger partial charge in [-0.1, -0.05) is 156 Å². The van der Waals surface area contributed by atoms with E-state index in [1.807, 2.05) is 13.8 Å². The highest BCUT2D eigenvalue weighted by atomic mass is 14.2. The van der Waals surface area contributed by atoms with E-state index in [4.69, 9.17) is 0 Å². The number of hydrogen-bond acceptors (Lipinski definition) is 0. The summed E-state index contributed by atoms with van der Waals surface area (Å²) in [5.41, 5.74) is 1.51. The van der Waals surface area contributed by atoms with Crippen molar-refractivity contribution >= 4 is 0 Å². The summed E-state index contributed by atoms with van der Waals surface area (Å²) >= 11 is 0. The van der Waals surface area contributed by atoms with Crippen LogP contribution in [-0.2, 0) is 0 Å². The van der Waals surface area contributed by atoms with Crippen molar-refractivity contribution in [1.82, 2.24) is 0 Å². The van der Waals surface area contributed by atoms with E-state index < -0.39 is 0 Å². The average Bonchev–Trinajstić information content (AvgIpc) is 2.75. The van der Waals surface area contributed by atoms with Crippen LogP contribution in [0.15, 0.2) is 12.2 Å². The van der Waals surface area contributed by atoms with Crippen LogP contribution in [0.1, 0.15) is 169 Å². The highest BCUT2D eigenvalue weighted by Crippen LogP contribution is 2.26. The van der Waals surface area contributed by atoms with Gasteiger partial charge in [-0.05, 0) is 31.6 Å². The van der Waals surface area contributed by atoms with E-state index in [9.17, 15) is 0 Å². The van der Waals surface area contributed by atoms with Crippen molar-refractivity contribution in [1.29, 1.82) is 0 Å². The van der Waals surface area contributed by atoms with Gasteiger partial charge in [0.25, 0.3) is 0 Å². The lowest BCUT2D eigenvalue weighted by Gasteiger charge is -2.18. The van der Waals surface area contributed by atoms with Crippen LogP contribution >= 0.6 is 0 Å². The fraction of sp³-hybridized carbons (Fsp3) is 0.931. The van der Waals surface area contributed by atoms with Gasteiger partial charge in [0.15, 0.2) is 0 Å². The summed E-state index contributed by atoms with van der Waals surface area (Å²) in [6.07, 6.45) is 29.8. The fourth-order valence-electron chi connectivity index (χ4n) is 4.17. The van der Waals surface area contributed by atoms with Crippen LogP contribution in [0.3, 0.4) is 0 Å². The molecule has 0 aliphatic heterocycles. The smallest absolute Gasteiger partial charge is 0.0320 e. The minimum absolute atomic E-state index is 0.967. The Morgan fingerprint density at radius 1 is 0.483 bits per heavy atom. The van der Waals surface area contributed by atoms with Crippen molar-refractivity contribution in [2.45, 2.75) is 169 Å². The molecule has 0 aromatic rings. The van der Waals surface area contributed by atoms with Crippen molar-refractivity contribution in [3.63, 3.8) is 0 Å². The molecule has 0 saturated carbocycles. The average molecular weight is 409 g/mol. The van der Waals surface area contributed by atoms with Gasteiger partial charge in [0.05, 0.1) is 0 Å². The van der Waals surface area contributed by atoms with Gasteiger partial charge in [-0.15, -0.1) is 0 Å². The second-order valence-electron chi connectivity index (χ2n) is 9.08. The molecule has 0 amide bonds. The summed E-state index contributed by atoms with van der Waals surface area (Å²) < 4.78 is 0. The fourth-order valence-corrected chi connectivity index (χ4v) is 4.17. The first kappa shape index (κ1) is 30.9. The molecule has 29 heavy (non-hydrogen) atoms. The normalized spacial score (nSPS) is 10.8. The van der Waals surface area contributed by atoms with Gasteiger partial charge in [0.2, 0.25) is 0 Å². The van der Waals surface area contributed by atoms with Crippen molar-refractivity contribution in [3.05, 3.63) is 12.2 Å². The van der Waals surface area contributed by atoms with Gasteiger partial charge in [-0.2, -0.15) is 0 Å². The van der Waals surface area contributed by atoms with Gasteiger partial charge in [0, 0.05) is 0 Å². The molecule has 0 saturated heterocycles. The van der Waals surface area contributed by atoms with E-state index in [0.29, 0.717) is 0 Å². The largest absolute Gasteiger partial charge is 0.0999 e. The van der Waals surface area contributed by atoms with Crippen LogP contribution in [0.25, 0.3) is 0 Å². The molecule has 0 nitrogen and oxygen atoms in total. The summed E-state index contributed by atoms with van der Waals surface area (Å²) in [6.45, 7) is 15.2. The maximum absolute atomic E-state index is 4.34. The third-order valence-electron chi connectivity index (χ3n) is 6.22. The lowest BCUT2D eigenvalue weighted by atomic mass is 9.88. The zero-order chi connectivity index (χ0) is 22.0. The Bertz CT molecular complexity index is 272. The van der Waals surface area contributed by atoms with Crippen LogP contribution in [-0.4, -0.2) is 0 Å². The van der Waals surface area contributed by atoms with Crippen LogP contribution in [0.2, 0.25) is 0 Å². The summed E-state index contributed by atoms with van der Waals surface area (Å²) in [5.74, 6) is 0.967. The van der Waals surface area contributed by atoms with Crippen molar-refractivity contribution in [3.8, 4) is 0 Å². The molecule has 0 atom stereocenters. The summed E-state index contributed by atoms with van der Waals surface area (Å²) in [4.78, 5) is 0. The van der Waals surface area contributed by atoms with Crippen molar-refractivity contribution < 1.29 is 0 Å². The molecule has 0 aliphatic carbocycles. The monoisotopic (exact) mass is 408 g/mol. The Kier molecular flexibility index (Phi) is 29.6. The standard InChI is InChI=1S/C27H54.C2H6/c1-5-8-11-13-15-17-19-22-27(25-24-26(4)21-10-7-3)23-20-18-16-14-12-9-6-2;1-2/h27H,4-25H2,1-3H3;1-2H3. The van der Waals surface area contributed by atoms with Crippen LogP contribution in [0, 0.1) is 5.92 Å². The Morgan fingerprint density at radius 3 is 1.28 bits per heavy atom. The predicted molar refractivity (Wildman–Crippen MR) is 138 cm³/mol. The third-order valence-corrected chi connectivity index (χ3v) is 6.22. The van der Waals surface area contributed by atoms with Crippen molar-refractivity contribution in [2.75, 3.05) is 0 Å². The number of allylic oxidation sites excluding steroid dienone is 1. The molecule has 0 heterocycles. The zero-order valence-electron chi connectivity index (χ0n) is 21.6. The molecule has 176 valence electrons. The quantitative estimate of drug-likeness (QED) is 0.123. The Morgan fingerprint density at radius 2 is 0.862 bits per heavy atom. The molecule has 0 N–H and O–H groups in total. The number of hydrogen-bond donors (Lipinski definition) is 0. The molecule has 0 heteroatoms. The third kappa shape index (κ3) is 25.7. The molecule has 0 unspecified atom stereocenters. The minimum Gasteiger partial charge on any atom is -0.0999 e. The summed E-state index contributed by atoms with van der Waals surface area (Å²) in [7, 11) is 0. The Balaban J connectivity index is 0. The second kappa shape index (κ2) is 27.7. The molecular formula is C29H60. The van der Waals surface area contributed by atoms with E-state index in [-0.39, 0.29) is 0 Å². The van der Waals surface area contributed by atoms with Gasteiger partial charge >= 0.3 is 0 Å². The van der Waals surface area contributed by atoms with Crippen LogP contribution in [0.5, 0.6) is 0 Å². The Hall–Kier alpha value is -0.260. The van der Waals surface area contributed by atoms with Crippen molar-refractivity contribution in [2.24, 2.45) is 5.92 Å². The van der Waals surface area contributed by atoms with E-state index in [1.54, 1.807) is 0 Å². The van der Waals surface area contributed by atoms with E-state index >= 15 is 0 Å². The van der Waals surface area contributed by atoms with E-state index in [0.717, 1.165) is 5.92 Å². The topological polar surface area (TPSA) is 0 Å². The molecule has 0 bridgehead atoms. The SMILES string of the molecule is C=C(CCCC)CCC(CCCCCCCCC)CCCCCCCCC.CC.